The van der Waals surface area contributed by atoms with Gasteiger partial charge in [-0.05, 0) is 31.0 Å². The first-order chi connectivity index (χ1) is 12.1. The second kappa shape index (κ2) is 11.8. The Morgan fingerprint density at radius 1 is 1.15 bits per heavy atom. The van der Waals surface area contributed by atoms with Crippen molar-refractivity contribution in [1.29, 1.82) is 0 Å². The fourth-order valence-electron chi connectivity index (χ4n) is 2.15. The zero-order valence-corrected chi connectivity index (χ0v) is 17.9. The molecule has 2 rings (SSSR count). The van der Waals surface area contributed by atoms with Crippen LogP contribution in [-0.2, 0) is 6.42 Å². The van der Waals surface area contributed by atoms with Crippen LogP contribution in [0.2, 0.25) is 0 Å². The number of nitrogens with one attached hydrogen (secondary N) is 3. The number of aromatic nitrogens is 1. The van der Waals surface area contributed by atoms with Crippen molar-refractivity contribution in [3.63, 3.8) is 0 Å². The lowest BCUT2D eigenvalue weighted by atomic mass is 10.1. The van der Waals surface area contributed by atoms with Gasteiger partial charge in [-0.15, -0.1) is 35.3 Å². The van der Waals surface area contributed by atoms with Crippen molar-refractivity contribution in [2.45, 2.75) is 13.3 Å². The fourth-order valence-corrected chi connectivity index (χ4v) is 2.87. The highest BCUT2D eigenvalue weighted by Crippen LogP contribution is 2.11. The van der Waals surface area contributed by atoms with Gasteiger partial charge < -0.3 is 16.0 Å². The Morgan fingerprint density at radius 2 is 1.81 bits per heavy atom. The molecule has 0 radical (unpaired) electrons. The van der Waals surface area contributed by atoms with E-state index in [1.807, 2.05) is 6.92 Å². The summed E-state index contributed by atoms with van der Waals surface area (Å²) in [6.07, 6.45) is 0.766. The lowest BCUT2D eigenvalue weighted by Crippen LogP contribution is -2.42. The molecule has 0 aliphatic carbocycles. The largest absolute Gasteiger partial charge is 0.356 e. The molecule has 0 saturated heterocycles. The van der Waals surface area contributed by atoms with Gasteiger partial charge in [0.05, 0.1) is 11.2 Å². The van der Waals surface area contributed by atoms with Crippen molar-refractivity contribution < 1.29 is 9.18 Å². The van der Waals surface area contributed by atoms with E-state index in [1.165, 1.54) is 23.5 Å². The number of aryl methyl sites for hydroxylation is 1. The number of guanidine groups is 1. The zero-order chi connectivity index (χ0) is 18.1. The topological polar surface area (TPSA) is 78.4 Å². The molecule has 26 heavy (non-hydrogen) atoms. The monoisotopic (exact) mass is 491 g/mol. The van der Waals surface area contributed by atoms with Crippen molar-refractivity contribution in [1.82, 2.24) is 20.9 Å². The molecule has 0 aliphatic heterocycles. The van der Waals surface area contributed by atoms with E-state index < -0.39 is 0 Å². The van der Waals surface area contributed by atoms with Gasteiger partial charge in [-0.1, -0.05) is 12.1 Å². The van der Waals surface area contributed by atoms with E-state index in [-0.39, 0.29) is 35.7 Å². The van der Waals surface area contributed by atoms with Crippen LogP contribution in [0.1, 0.15) is 20.9 Å². The molecule has 1 aromatic carbocycles. The lowest BCUT2D eigenvalue weighted by molar-refractivity contribution is 0.0957. The van der Waals surface area contributed by atoms with Gasteiger partial charge >= 0.3 is 0 Å². The van der Waals surface area contributed by atoms with Gasteiger partial charge in [0.15, 0.2) is 5.96 Å². The average molecular weight is 491 g/mol. The Morgan fingerprint density at radius 3 is 2.42 bits per heavy atom. The Labute approximate surface area is 173 Å². The van der Waals surface area contributed by atoms with Crippen molar-refractivity contribution in [3.8, 4) is 0 Å². The number of hydrogen-bond acceptors (Lipinski definition) is 4. The number of halogens is 2. The van der Waals surface area contributed by atoms with Crippen molar-refractivity contribution in [2.75, 3.05) is 26.7 Å². The third-order valence-corrected chi connectivity index (χ3v) is 4.43. The van der Waals surface area contributed by atoms with Gasteiger partial charge in [0.1, 0.15) is 10.7 Å². The first kappa shape index (κ1) is 22.3. The maximum Gasteiger partial charge on any atom is 0.263 e. The zero-order valence-electron chi connectivity index (χ0n) is 14.7. The molecule has 0 unspecified atom stereocenters. The number of carbonyl (C=O) groups is 1. The van der Waals surface area contributed by atoms with Gasteiger partial charge in [0, 0.05) is 26.7 Å². The number of rotatable bonds is 7. The highest BCUT2D eigenvalue weighted by Gasteiger charge is 2.10. The predicted molar refractivity (Wildman–Crippen MR) is 114 cm³/mol. The second-order valence-electron chi connectivity index (χ2n) is 5.33. The third kappa shape index (κ3) is 7.24. The maximum atomic E-state index is 12.9. The maximum absolute atomic E-state index is 12.9. The molecule has 0 fully saturated rings. The van der Waals surface area contributed by atoms with E-state index in [0.717, 1.165) is 17.7 Å². The number of amides is 1. The summed E-state index contributed by atoms with van der Waals surface area (Å²) in [5.41, 5.74) is 3.46. The molecular weight excluding hydrogens is 468 g/mol. The Hall–Kier alpha value is -1.75. The van der Waals surface area contributed by atoms with Gasteiger partial charge in [-0.3, -0.25) is 9.79 Å². The number of thiazole rings is 1. The highest BCUT2D eigenvalue weighted by molar-refractivity contribution is 14.0. The molecule has 0 bridgehead atoms. The quantitative estimate of drug-likeness (QED) is 0.241. The van der Waals surface area contributed by atoms with Crippen LogP contribution >= 0.6 is 35.3 Å². The smallest absolute Gasteiger partial charge is 0.263 e. The van der Waals surface area contributed by atoms with E-state index >= 15 is 0 Å². The normalized spacial score (nSPS) is 10.8. The van der Waals surface area contributed by atoms with Crippen LogP contribution in [0.15, 0.2) is 34.8 Å². The number of aliphatic imine (C=N–C) groups is 1. The van der Waals surface area contributed by atoms with Crippen LogP contribution in [-0.4, -0.2) is 43.5 Å². The van der Waals surface area contributed by atoms with E-state index in [1.54, 1.807) is 24.7 Å². The van der Waals surface area contributed by atoms with Crippen LogP contribution in [0.5, 0.6) is 0 Å². The van der Waals surface area contributed by atoms with Gasteiger partial charge in [-0.25, -0.2) is 9.37 Å². The van der Waals surface area contributed by atoms with Crippen molar-refractivity contribution in [3.05, 3.63) is 51.7 Å². The molecule has 6 nitrogen and oxygen atoms in total. The summed E-state index contributed by atoms with van der Waals surface area (Å²) >= 11 is 1.33. The molecule has 2 aromatic rings. The standard InChI is InChI=1S/C17H22FN5OS.HI/c1-12-15(25-11-23-12)16(24)20-9-10-22-17(19-2)21-8-7-13-3-5-14(18)6-4-13;/h3-6,11H,7-10H2,1-2H3,(H,20,24)(H2,19,21,22);1H. The minimum atomic E-state index is -0.232. The van der Waals surface area contributed by atoms with Crippen LogP contribution in [0.25, 0.3) is 0 Å². The summed E-state index contributed by atoms with van der Waals surface area (Å²) in [5, 5.41) is 9.16. The minimum Gasteiger partial charge on any atom is -0.356 e. The van der Waals surface area contributed by atoms with Crippen molar-refractivity contribution >= 4 is 47.2 Å². The average Bonchev–Trinajstić information content (AvgIpc) is 3.04. The molecular formula is C17H23FIN5OS. The molecule has 142 valence electrons. The van der Waals surface area contributed by atoms with Crippen LogP contribution in [0.4, 0.5) is 4.39 Å². The first-order valence-corrected chi connectivity index (χ1v) is 8.85. The van der Waals surface area contributed by atoms with Gasteiger partial charge in [0.2, 0.25) is 0 Å². The highest BCUT2D eigenvalue weighted by atomic mass is 127. The molecule has 3 N–H and O–H groups in total. The molecule has 1 heterocycles. The van der Waals surface area contributed by atoms with E-state index in [2.05, 4.69) is 25.9 Å². The molecule has 0 aliphatic rings. The number of carbonyl (C=O) groups excluding carboxylic acids is 1. The predicted octanol–water partition coefficient (Wildman–Crippen LogP) is 2.35. The van der Waals surface area contributed by atoms with Gasteiger partial charge in [-0.2, -0.15) is 0 Å². The number of hydrogen-bond donors (Lipinski definition) is 3. The molecule has 0 saturated carbocycles. The summed E-state index contributed by atoms with van der Waals surface area (Å²) in [7, 11) is 1.69. The van der Waals surface area contributed by atoms with Crippen molar-refractivity contribution in [2.24, 2.45) is 4.99 Å². The van der Waals surface area contributed by atoms with Crippen LogP contribution in [0, 0.1) is 12.7 Å². The summed E-state index contributed by atoms with van der Waals surface area (Å²) in [5.74, 6) is 0.316. The molecule has 0 spiro atoms. The summed E-state index contributed by atoms with van der Waals surface area (Å²) in [4.78, 5) is 20.8. The third-order valence-electron chi connectivity index (χ3n) is 3.50. The molecule has 1 amide bonds. The Bertz CT molecular complexity index is 720. The molecule has 1 aromatic heterocycles. The Kier molecular flexibility index (Phi) is 10.1. The van der Waals surface area contributed by atoms with Gasteiger partial charge in [0.25, 0.3) is 5.91 Å². The SMILES string of the molecule is CN=C(NCCNC(=O)c1scnc1C)NCCc1ccc(F)cc1.I. The molecule has 9 heteroatoms. The van der Waals surface area contributed by atoms with E-state index in [4.69, 9.17) is 0 Å². The van der Waals surface area contributed by atoms with Crippen LogP contribution in [0.3, 0.4) is 0 Å². The lowest BCUT2D eigenvalue weighted by Gasteiger charge is -2.12. The number of benzene rings is 1. The minimum absolute atomic E-state index is 0. The number of nitrogens with zero attached hydrogens (tertiary/aromatic N) is 2. The Balaban J connectivity index is 0.00000338. The second-order valence-corrected chi connectivity index (χ2v) is 6.18. The fraction of sp³-hybridized carbons (Fsp3) is 0.353. The summed E-state index contributed by atoms with van der Waals surface area (Å²) in [6.45, 7) is 3.53. The summed E-state index contributed by atoms with van der Waals surface area (Å²) < 4.78 is 12.9. The van der Waals surface area contributed by atoms with E-state index in [9.17, 15) is 9.18 Å². The molecule has 0 atom stereocenters. The summed E-state index contributed by atoms with van der Waals surface area (Å²) in [6, 6.07) is 6.44. The van der Waals surface area contributed by atoms with E-state index in [0.29, 0.717) is 30.5 Å². The van der Waals surface area contributed by atoms with Crippen LogP contribution < -0.4 is 16.0 Å². The first-order valence-electron chi connectivity index (χ1n) is 7.97.